The van der Waals surface area contributed by atoms with Crippen molar-refractivity contribution in [1.82, 2.24) is 4.98 Å². The highest BCUT2D eigenvalue weighted by Gasteiger charge is 2.12. The van der Waals surface area contributed by atoms with Gasteiger partial charge in [-0.25, -0.2) is 9.37 Å². The van der Waals surface area contributed by atoms with Gasteiger partial charge in [-0.2, -0.15) is 0 Å². The van der Waals surface area contributed by atoms with E-state index >= 15 is 0 Å². The Morgan fingerprint density at radius 2 is 1.92 bits per heavy atom. The molecule has 1 aromatic heterocycles. The maximum atomic E-state index is 13.4. The first-order valence-corrected chi connectivity index (χ1v) is 8.69. The molecule has 1 amide bonds. The van der Waals surface area contributed by atoms with E-state index in [1.54, 1.807) is 7.11 Å². The number of benzene rings is 2. The molecule has 0 aliphatic heterocycles. The van der Waals surface area contributed by atoms with Gasteiger partial charge in [-0.15, -0.1) is 11.3 Å². The lowest BCUT2D eigenvalue weighted by Crippen LogP contribution is -2.15. The molecule has 0 bridgehead atoms. The molecule has 1 N–H and O–H groups in total. The molecule has 0 atom stereocenters. The Balaban J connectivity index is 1.69. The van der Waals surface area contributed by atoms with Crippen LogP contribution in [0, 0.1) is 5.82 Å². The summed E-state index contributed by atoms with van der Waals surface area (Å²) in [5.74, 6) is 0.537. The number of ether oxygens (including phenoxy) is 2. The maximum absolute atomic E-state index is 13.4. The number of carbonyl (C=O) groups is 1. The second-order valence-corrected chi connectivity index (χ2v) is 6.31. The molecule has 0 saturated carbocycles. The molecule has 1 heterocycles. The van der Waals surface area contributed by atoms with Gasteiger partial charge in [0.1, 0.15) is 17.3 Å². The van der Waals surface area contributed by atoms with E-state index in [4.69, 9.17) is 9.47 Å². The van der Waals surface area contributed by atoms with E-state index in [2.05, 4.69) is 10.3 Å². The topological polar surface area (TPSA) is 60.5 Å². The van der Waals surface area contributed by atoms with Crippen molar-refractivity contribution < 1.29 is 18.7 Å². The Hall–Kier alpha value is -2.93. The van der Waals surface area contributed by atoms with Crippen LogP contribution in [0.4, 0.5) is 9.52 Å². The predicted molar refractivity (Wildman–Crippen MR) is 99.4 cm³/mol. The van der Waals surface area contributed by atoms with Crippen molar-refractivity contribution in [3.8, 4) is 22.8 Å². The van der Waals surface area contributed by atoms with Crippen LogP contribution in [0.3, 0.4) is 0 Å². The maximum Gasteiger partial charge on any atom is 0.230 e. The second-order valence-electron chi connectivity index (χ2n) is 5.45. The van der Waals surface area contributed by atoms with Gasteiger partial charge < -0.3 is 14.8 Å². The number of aromatic nitrogens is 1. The molecule has 2 aromatic carbocycles. The first-order valence-electron chi connectivity index (χ1n) is 7.81. The molecular weight excluding hydrogens is 355 g/mol. The summed E-state index contributed by atoms with van der Waals surface area (Å²) in [4.78, 5) is 16.7. The lowest BCUT2D eigenvalue weighted by molar-refractivity contribution is -0.115. The van der Waals surface area contributed by atoms with E-state index in [-0.39, 0.29) is 12.3 Å². The number of halogens is 1. The van der Waals surface area contributed by atoms with Gasteiger partial charge in [0.25, 0.3) is 0 Å². The van der Waals surface area contributed by atoms with Crippen molar-refractivity contribution in [2.24, 2.45) is 0 Å². The number of carbonyl (C=O) groups excluding carboxylic acids is 1. The molecule has 0 spiro atoms. The molecule has 7 heteroatoms. The number of thiazole rings is 1. The number of hydrogen-bond donors (Lipinski definition) is 1. The van der Waals surface area contributed by atoms with E-state index < -0.39 is 5.82 Å². The summed E-state index contributed by atoms with van der Waals surface area (Å²) in [7, 11) is 3.09. The van der Waals surface area contributed by atoms with Crippen molar-refractivity contribution in [3.05, 3.63) is 59.2 Å². The first kappa shape index (κ1) is 17.9. The van der Waals surface area contributed by atoms with Gasteiger partial charge in [-0.3, -0.25) is 4.79 Å². The zero-order valence-corrected chi connectivity index (χ0v) is 15.1. The summed E-state index contributed by atoms with van der Waals surface area (Å²) in [5.41, 5.74) is 2.17. The van der Waals surface area contributed by atoms with Crippen molar-refractivity contribution >= 4 is 22.4 Å². The molecule has 0 saturated heterocycles. The Kier molecular flexibility index (Phi) is 5.48. The SMILES string of the molecule is COc1ccc(-c2csc(NC(=O)Cc3cc(F)ccc3OC)n2)cc1. The average Bonchev–Trinajstić information content (AvgIpc) is 3.10. The minimum absolute atomic E-state index is 0.00160. The number of rotatable bonds is 6. The lowest BCUT2D eigenvalue weighted by Gasteiger charge is -2.08. The fourth-order valence-corrected chi connectivity index (χ4v) is 3.18. The van der Waals surface area contributed by atoms with Gasteiger partial charge in [0.05, 0.1) is 26.3 Å². The van der Waals surface area contributed by atoms with Gasteiger partial charge in [0, 0.05) is 16.5 Å². The monoisotopic (exact) mass is 372 g/mol. The summed E-state index contributed by atoms with van der Waals surface area (Å²) in [6.45, 7) is 0. The fraction of sp³-hybridized carbons (Fsp3) is 0.158. The van der Waals surface area contributed by atoms with Gasteiger partial charge in [0.2, 0.25) is 5.91 Å². The second kappa shape index (κ2) is 7.97. The Bertz CT molecular complexity index is 909. The van der Waals surface area contributed by atoms with Crippen LogP contribution >= 0.6 is 11.3 Å². The number of methoxy groups -OCH3 is 2. The third-order valence-electron chi connectivity index (χ3n) is 3.73. The highest BCUT2D eigenvalue weighted by atomic mass is 32.1. The van der Waals surface area contributed by atoms with Crippen LogP contribution in [0.1, 0.15) is 5.56 Å². The summed E-state index contributed by atoms with van der Waals surface area (Å²) in [6, 6.07) is 11.6. The number of amides is 1. The van der Waals surface area contributed by atoms with Gasteiger partial charge >= 0.3 is 0 Å². The first-order chi connectivity index (χ1) is 12.6. The molecule has 26 heavy (non-hydrogen) atoms. The molecule has 0 radical (unpaired) electrons. The van der Waals surface area contributed by atoms with E-state index in [0.29, 0.717) is 16.4 Å². The Labute approximate surface area is 154 Å². The smallest absolute Gasteiger partial charge is 0.230 e. The zero-order valence-electron chi connectivity index (χ0n) is 14.3. The Morgan fingerprint density at radius 1 is 1.15 bits per heavy atom. The van der Waals surface area contributed by atoms with Crippen LogP contribution in [-0.2, 0) is 11.2 Å². The van der Waals surface area contributed by atoms with Crippen molar-refractivity contribution in [2.75, 3.05) is 19.5 Å². The molecule has 0 aliphatic rings. The minimum atomic E-state index is -0.412. The summed E-state index contributed by atoms with van der Waals surface area (Å²) in [5, 5.41) is 5.08. The average molecular weight is 372 g/mol. The van der Waals surface area contributed by atoms with Crippen molar-refractivity contribution in [2.45, 2.75) is 6.42 Å². The molecule has 3 rings (SSSR count). The number of hydrogen-bond acceptors (Lipinski definition) is 5. The van der Waals surface area contributed by atoms with E-state index in [9.17, 15) is 9.18 Å². The highest BCUT2D eigenvalue weighted by Crippen LogP contribution is 2.27. The quantitative estimate of drug-likeness (QED) is 0.706. The van der Waals surface area contributed by atoms with Crippen LogP contribution in [0.5, 0.6) is 11.5 Å². The third kappa shape index (κ3) is 4.18. The number of nitrogens with zero attached hydrogens (tertiary/aromatic N) is 1. The summed E-state index contributed by atoms with van der Waals surface area (Å²) in [6.07, 6.45) is -0.00160. The largest absolute Gasteiger partial charge is 0.497 e. The lowest BCUT2D eigenvalue weighted by atomic mass is 10.1. The molecule has 3 aromatic rings. The van der Waals surface area contributed by atoms with Crippen LogP contribution < -0.4 is 14.8 Å². The summed E-state index contributed by atoms with van der Waals surface area (Å²) >= 11 is 1.33. The molecule has 0 aliphatic carbocycles. The van der Waals surface area contributed by atoms with Crippen molar-refractivity contribution in [3.63, 3.8) is 0 Å². The van der Waals surface area contributed by atoms with E-state index in [1.807, 2.05) is 29.6 Å². The third-order valence-corrected chi connectivity index (χ3v) is 4.49. The fourth-order valence-electron chi connectivity index (χ4n) is 2.45. The van der Waals surface area contributed by atoms with E-state index in [1.165, 1.54) is 36.6 Å². The van der Waals surface area contributed by atoms with E-state index in [0.717, 1.165) is 17.0 Å². The van der Waals surface area contributed by atoms with Crippen molar-refractivity contribution in [1.29, 1.82) is 0 Å². The number of nitrogens with one attached hydrogen (secondary N) is 1. The summed E-state index contributed by atoms with van der Waals surface area (Å²) < 4.78 is 23.7. The highest BCUT2D eigenvalue weighted by molar-refractivity contribution is 7.14. The normalized spacial score (nSPS) is 10.4. The van der Waals surface area contributed by atoms with Gasteiger partial charge in [-0.1, -0.05) is 0 Å². The van der Waals surface area contributed by atoms with Gasteiger partial charge in [0.15, 0.2) is 5.13 Å². The molecule has 134 valence electrons. The molecular formula is C19H17FN2O3S. The molecule has 5 nitrogen and oxygen atoms in total. The Morgan fingerprint density at radius 3 is 2.62 bits per heavy atom. The van der Waals surface area contributed by atoms with Crippen LogP contribution in [0.15, 0.2) is 47.8 Å². The molecule has 0 unspecified atom stereocenters. The predicted octanol–water partition coefficient (Wildman–Crippen LogP) is 4.15. The molecule has 0 fully saturated rings. The van der Waals surface area contributed by atoms with Crippen LogP contribution in [0.2, 0.25) is 0 Å². The zero-order chi connectivity index (χ0) is 18.5. The van der Waals surface area contributed by atoms with Crippen LogP contribution in [-0.4, -0.2) is 25.1 Å². The minimum Gasteiger partial charge on any atom is -0.497 e. The standard InChI is InChI=1S/C19H17FN2O3S/c1-24-15-6-3-12(4-7-15)16-11-26-19(21-16)22-18(23)10-13-9-14(20)5-8-17(13)25-2/h3-9,11H,10H2,1-2H3,(H,21,22,23). The van der Waals surface area contributed by atoms with Gasteiger partial charge in [-0.05, 0) is 42.5 Å². The number of anilines is 1. The van der Waals surface area contributed by atoms with Crippen LogP contribution in [0.25, 0.3) is 11.3 Å².